The smallest absolute Gasteiger partial charge is 0.330 e. The summed E-state index contributed by atoms with van der Waals surface area (Å²) in [6.45, 7) is 0.735. The Kier molecular flexibility index (Phi) is 3.45. The number of hydrogen-bond acceptors (Lipinski definition) is 2. The Morgan fingerprint density at radius 3 is 2.31 bits per heavy atom. The van der Waals surface area contributed by atoms with Crippen LogP contribution in [0.25, 0.3) is 0 Å². The Balaban J connectivity index is 2.18. The van der Waals surface area contributed by atoms with Gasteiger partial charge in [-0.15, -0.1) is 0 Å². The number of rotatable bonds is 2. The zero-order valence-electron chi connectivity index (χ0n) is 9.34. The largest absolute Gasteiger partial charge is 0.404 e. The highest BCUT2D eigenvalue weighted by molar-refractivity contribution is 4.96. The Morgan fingerprint density at radius 2 is 1.81 bits per heavy atom. The van der Waals surface area contributed by atoms with Crippen LogP contribution in [0.4, 0.5) is 13.2 Å². The van der Waals surface area contributed by atoms with E-state index >= 15 is 0 Å². The summed E-state index contributed by atoms with van der Waals surface area (Å²) in [5.74, 6) is -0.414. The van der Waals surface area contributed by atoms with Gasteiger partial charge in [-0.25, -0.2) is 0 Å². The first kappa shape index (κ1) is 12.2. The molecular formula is C11H19F3N2. The zero-order valence-corrected chi connectivity index (χ0v) is 9.34. The maximum absolute atomic E-state index is 13.1. The van der Waals surface area contributed by atoms with E-state index in [0.717, 1.165) is 25.7 Å². The average molecular weight is 236 g/mol. The molecule has 2 atom stereocenters. The Hall–Kier alpha value is -0.290. The molecule has 0 aromatic rings. The van der Waals surface area contributed by atoms with E-state index in [-0.39, 0.29) is 12.6 Å². The summed E-state index contributed by atoms with van der Waals surface area (Å²) in [6, 6.07) is -1.13. The van der Waals surface area contributed by atoms with Gasteiger partial charge in [-0.3, -0.25) is 4.90 Å². The number of nitrogens with two attached hydrogens (primary N) is 1. The van der Waals surface area contributed by atoms with Gasteiger partial charge in [0.05, 0.1) is 0 Å². The van der Waals surface area contributed by atoms with Crippen LogP contribution in [0, 0.1) is 5.92 Å². The van der Waals surface area contributed by atoms with E-state index in [1.54, 1.807) is 4.90 Å². The molecule has 2 aliphatic rings. The van der Waals surface area contributed by atoms with Gasteiger partial charge < -0.3 is 5.73 Å². The van der Waals surface area contributed by atoms with Crippen molar-refractivity contribution < 1.29 is 13.2 Å². The van der Waals surface area contributed by atoms with Crippen molar-refractivity contribution in [1.29, 1.82) is 0 Å². The first-order chi connectivity index (χ1) is 7.54. The molecule has 1 aliphatic carbocycles. The molecule has 2 nitrogen and oxygen atoms in total. The van der Waals surface area contributed by atoms with Crippen molar-refractivity contribution in [3.8, 4) is 0 Å². The van der Waals surface area contributed by atoms with Gasteiger partial charge in [-0.2, -0.15) is 13.2 Å². The molecule has 0 aromatic heterocycles. The van der Waals surface area contributed by atoms with Gasteiger partial charge in [-0.1, -0.05) is 6.42 Å². The molecule has 2 rings (SSSR count). The van der Waals surface area contributed by atoms with Crippen molar-refractivity contribution >= 4 is 0 Å². The van der Waals surface area contributed by atoms with Gasteiger partial charge in [-0.05, 0) is 44.7 Å². The lowest BCUT2D eigenvalue weighted by Crippen LogP contribution is -2.52. The van der Waals surface area contributed by atoms with Gasteiger partial charge >= 0.3 is 6.18 Å². The van der Waals surface area contributed by atoms with E-state index in [9.17, 15) is 13.2 Å². The topological polar surface area (TPSA) is 29.3 Å². The van der Waals surface area contributed by atoms with Crippen molar-refractivity contribution in [1.82, 2.24) is 4.90 Å². The van der Waals surface area contributed by atoms with Crippen molar-refractivity contribution in [3.05, 3.63) is 0 Å². The van der Waals surface area contributed by atoms with Gasteiger partial charge in [0, 0.05) is 6.04 Å². The zero-order chi connectivity index (χ0) is 11.8. The number of halogens is 3. The molecule has 0 aromatic carbocycles. The normalized spacial score (nSPS) is 33.8. The molecule has 5 heteroatoms. The molecule has 2 fully saturated rings. The van der Waals surface area contributed by atoms with Crippen molar-refractivity contribution in [3.63, 3.8) is 0 Å². The second-order valence-electron chi connectivity index (χ2n) is 4.95. The van der Waals surface area contributed by atoms with Crippen molar-refractivity contribution in [2.24, 2.45) is 11.7 Å². The van der Waals surface area contributed by atoms with Crippen LogP contribution in [0.3, 0.4) is 0 Å². The number of nitrogens with zero attached hydrogens (tertiary/aromatic N) is 1. The lowest BCUT2D eigenvalue weighted by Gasteiger charge is -2.36. The molecule has 0 radical (unpaired) electrons. The molecule has 1 saturated carbocycles. The van der Waals surface area contributed by atoms with Crippen LogP contribution < -0.4 is 5.73 Å². The van der Waals surface area contributed by atoms with Crippen LogP contribution in [0.15, 0.2) is 0 Å². The van der Waals surface area contributed by atoms with Gasteiger partial charge in [0.25, 0.3) is 0 Å². The molecule has 1 heterocycles. The molecule has 0 amide bonds. The monoisotopic (exact) mass is 236 g/mol. The van der Waals surface area contributed by atoms with Crippen LogP contribution in [-0.2, 0) is 0 Å². The number of likely N-dealkylation sites (tertiary alicyclic amines) is 1. The molecule has 0 spiro atoms. The first-order valence-corrected chi connectivity index (χ1v) is 6.06. The SMILES string of the molecule is NC[C@H]1CCCCN(C2CC2)[C@@H]1C(F)(F)F. The second kappa shape index (κ2) is 4.53. The summed E-state index contributed by atoms with van der Waals surface area (Å²) >= 11 is 0. The Bertz CT molecular complexity index is 238. The fourth-order valence-corrected chi connectivity index (χ4v) is 2.79. The third kappa shape index (κ3) is 2.51. The quantitative estimate of drug-likeness (QED) is 0.796. The molecule has 0 bridgehead atoms. The molecule has 1 saturated heterocycles. The minimum Gasteiger partial charge on any atom is -0.330 e. The fraction of sp³-hybridized carbons (Fsp3) is 1.00. The molecule has 16 heavy (non-hydrogen) atoms. The van der Waals surface area contributed by atoms with Crippen LogP contribution in [0.2, 0.25) is 0 Å². The minimum absolute atomic E-state index is 0.146. The lowest BCUT2D eigenvalue weighted by atomic mass is 9.94. The molecule has 2 N–H and O–H groups in total. The average Bonchev–Trinajstić information content (AvgIpc) is 3.01. The molecule has 94 valence electrons. The molecular weight excluding hydrogens is 217 g/mol. The van der Waals surface area contributed by atoms with E-state index in [0.29, 0.717) is 13.0 Å². The van der Waals surface area contributed by atoms with Crippen molar-refractivity contribution in [2.45, 2.75) is 50.4 Å². The van der Waals surface area contributed by atoms with Crippen molar-refractivity contribution in [2.75, 3.05) is 13.1 Å². The molecule has 0 unspecified atom stereocenters. The lowest BCUT2D eigenvalue weighted by molar-refractivity contribution is -0.197. The Labute approximate surface area is 94.0 Å². The van der Waals surface area contributed by atoms with Gasteiger partial charge in [0.1, 0.15) is 6.04 Å². The maximum atomic E-state index is 13.1. The third-order valence-corrected chi connectivity index (χ3v) is 3.70. The van der Waals surface area contributed by atoms with E-state index < -0.39 is 18.1 Å². The highest BCUT2D eigenvalue weighted by Crippen LogP contribution is 2.40. The summed E-state index contributed by atoms with van der Waals surface area (Å²) in [5, 5.41) is 0. The van der Waals surface area contributed by atoms with Crippen LogP contribution in [-0.4, -0.2) is 36.2 Å². The third-order valence-electron chi connectivity index (χ3n) is 3.70. The van der Waals surface area contributed by atoms with Crippen LogP contribution in [0.1, 0.15) is 32.1 Å². The van der Waals surface area contributed by atoms with E-state index in [1.165, 1.54) is 0 Å². The van der Waals surface area contributed by atoms with Gasteiger partial charge in [0.15, 0.2) is 0 Å². The van der Waals surface area contributed by atoms with Crippen LogP contribution >= 0.6 is 0 Å². The second-order valence-corrected chi connectivity index (χ2v) is 4.95. The standard InChI is InChI=1S/C11H19F3N2/c12-11(13,14)10-8(7-15)3-1-2-6-16(10)9-4-5-9/h8-10H,1-7,15H2/t8-,10+/m1/s1. The fourth-order valence-electron chi connectivity index (χ4n) is 2.79. The minimum atomic E-state index is -4.13. The first-order valence-electron chi connectivity index (χ1n) is 6.06. The summed E-state index contributed by atoms with van der Waals surface area (Å²) in [7, 11) is 0. The van der Waals surface area contributed by atoms with Crippen LogP contribution in [0.5, 0.6) is 0 Å². The number of hydrogen-bond donors (Lipinski definition) is 1. The predicted molar refractivity (Wildman–Crippen MR) is 56.0 cm³/mol. The molecule has 1 aliphatic heterocycles. The van der Waals surface area contributed by atoms with E-state index in [2.05, 4.69) is 0 Å². The Morgan fingerprint density at radius 1 is 1.12 bits per heavy atom. The van der Waals surface area contributed by atoms with E-state index in [1.807, 2.05) is 0 Å². The summed E-state index contributed by atoms with van der Waals surface area (Å²) in [5.41, 5.74) is 5.52. The van der Waals surface area contributed by atoms with E-state index in [4.69, 9.17) is 5.73 Å². The highest BCUT2D eigenvalue weighted by Gasteiger charge is 2.51. The predicted octanol–water partition coefficient (Wildman–Crippen LogP) is 2.14. The summed E-state index contributed by atoms with van der Waals surface area (Å²) < 4.78 is 39.3. The summed E-state index contributed by atoms with van der Waals surface area (Å²) in [6.07, 6.45) is 0.0753. The van der Waals surface area contributed by atoms with Gasteiger partial charge in [0.2, 0.25) is 0 Å². The highest BCUT2D eigenvalue weighted by atomic mass is 19.4. The maximum Gasteiger partial charge on any atom is 0.404 e. The summed E-state index contributed by atoms with van der Waals surface area (Å²) in [4.78, 5) is 1.67. The number of alkyl halides is 3.